The highest BCUT2D eigenvalue weighted by atomic mass is 16.5. The summed E-state index contributed by atoms with van der Waals surface area (Å²) in [4.78, 5) is 26.7. The summed E-state index contributed by atoms with van der Waals surface area (Å²) in [5.74, 6) is -1.32. The van der Waals surface area contributed by atoms with E-state index >= 15 is 0 Å². The number of pyridine rings is 1. The van der Waals surface area contributed by atoms with Crippen LogP contribution in [0, 0.1) is 0 Å². The number of nitrogens with zero attached hydrogens (tertiary/aromatic N) is 2. The zero-order chi connectivity index (χ0) is 16.6. The lowest BCUT2D eigenvalue weighted by Gasteiger charge is -2.06. The molecule has 7 nitrogen and oxygen atoms in total. The smallest absolute Gasteiger partial charge is 0.341 e. The van der Waals surface area contributed by atoms with E-state index in [0.29, 0.717) is 28.6 Å². The molecule has 0 saturated carbocycles. The third-order valence-electron chi connectivity index (χ3n) is 3.70. The van der Waals surface area contributed by atoms with Crippen LogP contribution in [-0.2, 0) is 11.3 Å². The molecule has 2 heterocycles. The number of fused-ring (bicyclic) bond motifs is 3. The zero-order valence-electron chi connectivity index (χ0n) is 12.4. The molecule has 3 aromatic rings. The van der Waals surface area contributed by atoms with Gasteiger partial charge < -0.3 is 20.1 Å². The molecule has 0 aliphatic rings. The molecular formula is C16H15N3O4. The second-order valence-corrected chi connectivity index (χ2v) is 5.02. The second kappa shape index (κ2) is 5.60. The molecular weight excluding hydrogens is 298 g/mol. The van der Waals surface area contributed by atoms with Gasteiger partial charge in [0, 0.05) is 17.5 Å². The summed E-state index contributed by atoms with van der Waals surface area (Å²) in [6, 6.07) is 5.29. The number of carboxylic acids is 1. The first-order valence-electron chi connectivity index (χ1n) is 7.08. The number of aromatic nitrogens is 2. The molecule has 3 rings (SSSR count). The molecule has 1 aromatic carbocycles. The van der Waals surface area contributed by atoms with Gasteiger partial charge in [-0.3, -0.25) is 9.78 Å². The van der Waals surface area contributed by atoms with E-state index in [2.05, 4.69) is 4.98 Å². The quantitative estimate of drug-likeness (QED) is 0.746. The van der Waals surface area contributed by atoms with Gasteiger partial charge in [-0.2, -0.15) is 0 Å². The molecule has 0 aliphatic carbocycles. The number of carbonyl (C=O) groups is 2. The van der Waals surface area contributed by atoms with Gasteiger partial charge in [0.2, 0.25) is 5.91 Å². The van der Waals surface area contributed by atoms with Gasteiger partial charge in [0.15, 0.2) is 6.61 Å². The topological polar surface area (TPSA) is 107 Å². The van der Waals surface area contributed by atoms with Crippen LogP contribution in [0.5, 0.6) is 5.75 Å². The number of hydrogen-bond acceptors (Lipinski definition) is 4. The number of rotatable bonds is 5. The molecule has 3 N–H and O–H groups in total. The molecule has 0 unspecified atom stereocenters. The van der Waals surface area contributed by atoms with Crippen LogP contribution >= 0.6 is 0 Å². The Bertz CT molecular complexity index is 930. The summed E-state index contributed by atoms with van der Waals surface area (Å²) in [5.41, 5.74) is 7.45. The van der Waals surface area contributed by atoms with Gasteiger partial charge in [-0.25, -0.2) is 4.79 Å². The number of nitrogens with two attached hydrogens (primary N) is 1. The van der Waals surface area contributed by atoms with Gasteiger partial charge in [-0.15, -0.1) is 0 Å². The first kappa shape index (κ1) is 14.8. The van der Waals surface area contributed by atoms with Crippen LogP contribution in [0.4, 0.5) is 0 Å². The molecule has 7 heteroatoms. The molecule has 0 saturated heterocycles. The minimum atomic E-state index is -1.09. The molecule has 0 aliphatic heterocycles. The van der Waals surface area contributed by atoms with E-state index < -0.39 is 18.5 Å². The minimum Gasteiger partial charge on any atom is -0.480 e. The summed E-state index contributed by atoms with van der Waals surface area (Å²) < 4.78 is 7.34. The standard InChI is InChI=1S/C16H15N3O4/c1-2-19-10-5-3-4-9(16(17)22)14(10)15-11(19)6-18-7-12(15)23-8-13(20)21/h3-7H,2,8H2,1H3,(H2,17,22)(H,20,21). The number of ether oxygens (including phenoxy) is 1. The molecule has 0 atom stereocenters. The lowest BCUT2D eigenvalue weighted by Crippen LogP contribution is -2.11. The number of aliphatic carboxylic acids is 1. The molecule has 0 fully saturated rings. The minimum absolute atomic E-state index is 0.316. The maximum Gasteiger partial charge on any atom is 0.341 e. The Labute approximate surface area is 131 Å². The van der Waals surface area contributed by atoms with E-state index in [9.17, 15) is 9.59 Å². The van der Waals surface area contributed by atoms with Gasteiger partial charge in [0.05, 0.1) is 28.8 Å². The predicted molar refractivity (Wildman–Crippen MR) is 84.6 cm³/mol. The highest BCUT2D eigenvalue weighted by Crippen LogP contribution is 2.36. The van der Waals surface area contributed by atoms with E-state index in [1.807, 2.05) is 17.6 Å². The molecule has 0 spiro atoms. The molecule has 0 radical (unpaired) electrons. The van der Waals surface area contributed by atoms with Gasteiger partial charge in [0.1, 0.15) is 5.75 Å². The Kier molecular flexibility index (Phi) is 3.61. The van der Waals surface area contributed by atoms with E-state index in [-0.39, 0.29) is 0 Å². The van der Waals surface area contributed by atoms with Crippen molar-refractivity contribution in [2.45, 2.75) is 13.5 Å². The Morgan fingerprint density at radius 1 is 1.26 bits per heavy atom. The largest absolute Gasteiger partial charge is 0.480 e. The zero-order valence-corrected chi connectivity index (χ0v) is 12.4. The number of benzene rings is 1. The fraction of sp³-hybridized carbons (Fsp3) is 0.188. The first-order valence-corrected chi connectivity index (χ1v) is 7.08. The van der Waals surface area contributed by atoms with E-state index in [0.717, 1.165) is 11.0 Å². The number of hydrogen-bond donors (Lipinski definition) is 2. The summed E-state index contributed by atoms with van der Waals surface area (Å²) >= 11 is 0. The van der Waals surface area contributed by atoms with Crippen LogP contribution in [-0.4, -0.2) is 33.1 Å². The van der Waals surface area contributed by atoms with Crippen LogP contribution in [0.25, 0.3) is 21.8 Å². The SMILES string of the molecule is CCn1c2cncc(OCC(=O)O)c2c2c(C(N)=O)cccc21. The van der Waals surface area contributed by atoms with Crippen molar-refractivity contribution in [2.24, 2.45) is 5.73 Å². The van der Waals surface area contributed by atoms with Crippen molar-refractivity contribution in [3.8, 4) is 5.75 Å². The van der Waals surface area contributed by atoms with Crippen molar-refractivity contribution >= 4 is 33.7 Å². The second-order valence-electron chi connectivity index (χ2n) is 5.02. The number of amides is 1. The third-order valence-corrected chi connectivity index (χ3v) is 3.70. The molecule has 118 valence electrons. The Morgan fingerprint density at radius 3 is 2.70 bits per heavy atom. The Balaban J connectivity index is 2.41. The normalized spacial score (nSPS) is 11.0. The van der Waals surface area contributed by atoms with Crippen molar-refractivity contribution in [3.05, 3.63) is 36.2 Å². The number of primary amides is 1. The van der Waals surface area contributed by atoms with Crippen molar-refractivity contribution < 1.29 is 19.4 Å². The molecule has 0 bridgehead atoms. The van der Waals surface area contributed by atoms with Gasteiger partial charge in [-0.1, -0.05) is 6.07 Å². The third kappa shape index (κ3) is 2.36. The summed E-state index contributed by atoms with van der Waals surface area (Å²) in [6.07, 6.45) is 3.11. The maximum atomic E-state index is 11.8. The molecule has 1 amide bonds. The average Bonchev–Trinajstić information content (AvgIpc) is 2.86. The van der Waals surface area contributed by atoms with Crippen LogP contribution in [0.2, 0.25) is 0 Å². The molecule has 23 heavy (non-hydrogen) atoms. The Hall–Kier alpha value is -3.09. The van der Waals surface area contributed by atoms with Gasteiger partial charge in [-0.05, 0) is 19.1 Å². The number of aryl methyl sites for hydroxylation is 1. The van der Waals surface area contributed by atoms with E-state index in [1.165, 1.54) is 6.20 Å². The van der Waals surface area contributed by atoms with Gasteiger partial charge in [0.25, 0.3) is 0 Å². The van der Waals surface area contributed by atoms with Crippen LogP contribution in [0.3, 0.4) is 0 Å². The highest BCUT2D eigenvalue weighted by Gasteiger charge is 2.19. The summed E-state index contributed by atoms with van der Waals surface area (Å²) in [7, 11) is 0. The monoisotopic (exact) mass is 313 g/mol. The van der Waals surface area contributed by atoms with Crippen molar-refractivity contribution in [1.82, 2.24) is 9.55 Å². The predicted octanol–water partition coefficient (Wildman–Crippen LogP) is 1.77. The maximum absolute atomic E-state index is 11.8. The fourth-order valence-corrected chi connectivity index (χ4v) is 2.84. The number of carboxylic acid groups (broad SMARTS) is 1. The Morgan fingerprint density at radius 2 is 2.04 bits per heavy atom. The van der Waals surface area contributed by atoms with Crippen molar-refractivity contribution in [3.63, 3.8) is 0 Å². The lowest BCUT2D eigenvalue weighted by molar-refractivity contribution is -0.139. The van der Waals surface area contributed by atoms with Crippen molar-refractivity contribution in [2.75, 3.05) is 6.61 Å². The van der Waals surface area contributed by atoms with E-state index in [1.54, 1.807) is 18.3 Å². The van der Waals surface area contributed by atoms with E-state index in [4.69, 9.17) is 15.6 Å². The van der Waals surface area contributed by atoms with Crippen LogP contribution in [0.1, 0.15) is 17.3 Å². The first-order chi connectivity index (χ1) is 11.0. The summed E-state index contributed by atoms with van der Waals surface area (Å²) in [5, 5.41) is 10.1. The summed E-state index contributed by atoms with van der Waals surface area (Å²) in [6.45, 7) is 2.14. The van der Waals surface area contributed by atoms with Crippen molar-refractivity contribution in [1.29, 1.82) is 0 Å². The molecule has 2 aromatic heterocycles. The number of carbonyl (C=O) groups excluding carboxylic acids is 1. The van der Waals surface area contributed by atoms with Crippen LogP contribution < -0.4 is 10.5 Å². The van der Waals surface area contributed by atoms with Crippen LogP contribution in [0.15, 0.2) is 30.6 Å². The van der Waals surface area contributed by atoms with Gasteiger partial charge >= 0.3 is 5.97 Å². The fourth-order valence-electron chi connectivity index (χ4n) is 2.84. The average molecular weight is 313 g/mol. The highest BCUT2D eigenvalue weighted by molar-refractivity contribution is 6.19. The lowest BCUT2D eigenvalue weighted by atomic mass is 10.1.